The molecule has 2 aliphatic rings. The SMILES string of the molecule is CC1=C(CN(C)C)C(=O)N(c2cccc(C(F)(F)F)c2)C(=O)/C1=N/Nc1cccc(C2CCN(CC(=O)O)CC2)c1O. The molecule has 0 spiro atoms. The Bertz CT molecular complexity index is 1450. The van der Waals surface area contributed by atoms with Crippen LogP contribution in [0.1, 0.15) is 36.8 Å². The minimum absolute atomic E-state index is 0.0249. The molecule has 0 radical (unpaired) electrons. The number of carbonyl (C=O) groups excluding carboxylic acids is 2. The number of hydrogen-bond acceptors (Lipinski definition) is 8. The van der Waals surface area contributed by atoms with Crippen molar-refractivity contribution in [1.29, 1.82) is 0 Å². The molecule has 4 rings (SSSR count). The Morgan fingerprint density at radius 3 is 2.38 bits per heavy atom. The van der Waals surface area contributed by atoms with Crippen molar-refractivity contribution in [3.63, 3.8) is 0 Å². The van der Waals surface area contributed by atoms with E-state index in [1.54, 1.807) is 44.1 Å². The van der Waals surface area contributed by atoms with E-state index in [0.717, 1.165) is 18.2 Å². The number of aromatic hydroxyl groups is 1. The Morgan fingerprint density at radius 2 is 1.76 bits per heavy atom. The fraction of sp³-hybridized carbons (Fsp3) is 0.379. The van der Waals surface area contributed by atoms with Crippen LogP contribution >= 0.6 is 0 Å². The van der Waals surface area contributed by atoms with Gasteiger partial charge < -0.3 is 15.1 Å². The Kier molecular flexibility index (Phi) is 9.02. The number of imide groups is 1. The van der Waals surface area contributed by atoms with Crippen molar-refractivity contribution in [3.8, 4) is 5.75 Å². The van der Waals surface area contributed by atoms with Crippen LogP contribution in [-0.2, 0) is 20.6 Å². The van der Waals surface area contributed by atoms with Gasteiger partial charge in [0.2, 0.25) is 0 Å². The molecule has 0 aromatic heterocycles. The van der Waals surface area contributed by atoms with Gasteiger partial charge in [-0.1, -0.05) is 18.2 Å². The van der Waals surface area contributed by atoms with E-state index in [9.17, 15) is 32.7 Å². The lowest BCUT2D eigenvalue weighted by molar-refractivity contribution is -0.139. The highest BCUT2D eigenvalue weighted by molar-refractivity contribution is 6.57. The van der Waals surface area contributed by atoms with Crippen molar-refractivity contribution in [3.05, 3.63) is 64.7 Å². The van der Waals surface area contributed by atoms with Crippen molar-refractivity contribution in [1.82, 2.24) is 9.80 Å². The second kappa shape index (κ2) is 12.3. The van der Waals surface area contributed by atoms with Crippen molar-refractivity contribution in [2.45, 2.75) is 31.9 Å². The normalized spacial score (nSPS) is 18.4. The molecule has 224 valence electrons. The number of piperidine rings is 1. The van der Waals surface area contributed by atoms with Crippen LogP contribution in [0.15, 0.2) is 58.7 Å². The fourth-order valence-electron chi connectivity index (χ4n) is 5.18. The second-order valence-electron chi connectivity index (χ2n) is 10.6. The summed E-state index contributed by atoms with van der Waals surface area (Å²) in [5, 5.41) is 24.3. The van der Waals surface area contributed by atoms with Crippen molar-refractivity contribution >= 4 is 34.9 Å². The number of likely N-dealkylation sites (tertiary alicyclic amines) is 1. The Morgan fingerprint density at radius 1 is 1.10 bits per heavy atom. The highest BCUT2D eigenvalue weighted by Gasteiger charge is 2.39. The number of phenols is 1. The van der Waals surface area contributed by atoms with Gasteiger partial charge in [0.15, 0.2) is 5.71 Å². The minimum atomic E-state index is -4.68. The summed E-state index contributed by atoms with van der Waals surface area (Å²) in [6.07, 6.45) is -3.40. The van der Waals surface area contributed by atoms with E-state index in [1.807, 2.05) is 4.90 Å². The zero-order valence-corrected chi connectivity index (χ0v) is 23.4. The predicted molar refractivity (Wildman–Crippen MR) is 150 cm³/mol. The third-order valence-corrected chi connectivity index (χ3v) is 7.32. The van der Waals surface area contributed by atoms with Gasteiger partial charge in [-0.05, 0) is 88.3 Å². The summed E-state index contributed by atoms with van der Waals surface area (Å²) in [4.78, 5) is 42.2. The van der Waals surface area contributed by atoms with Gasteiger partial charge in [0.05, 0.1) is 23.5 Å². The summed E-state index contributed by atoms with van der Waals surface area (Å²) in [5.74, 6) is -2.66. The topological polar surface area (TPSA) is 126 Å². The van der Waals surface area contributed by atoms with Gasteiger partial charge in [-0.15, -0.1) is 0 Å². The summed E-state index contributed by atoms with van der Waals surface area (Å²) in [5.41, 5.74) is 2.57. The number of para-hydroxylation sites is 1. The molecule has 0 atom stereocenters. The zero-order valence-electron chi connectivity index (χ0n) is 23.4. The number of carboxylic acids is 1. The number of halogens is 3. The highest BCUT2D eigenvalue weighted by Crippen LogP contribution is 2.38. The molecule has 0 bridgehead atoms. The first-order chi connectivity index (χ1) is 19.8. The number of nitrogens with zero attached hydrogens (tertiary/aromatic N) is 4. The molecule has 0 unspecified atom stereocenters. The number of carbonyl (C=O) groups is 3. The molecule has 13 heteroatoms. The Hall–Kier alpha value is -4.23. The molecule has 1 saturated heterocycles. The summed E-state index contributed by atoms with van der Waals surface area (Å²) in [6, 6.07) is 9.01. The molecule has 2 heterocycles. The van der Waals surface area contributed by atoms with Gasteiger partial charge in [-0.25, -0.2) is 4.90 Å². The molecule has 3 N–H and O–H groups in total. The summed E-state index contributed by atoms with van der Waals surface area (Å²) in [6.45, 7) is 2.72. The average Bonchev–Trinajstić information content (AvgIpc) is 2.92. The smallest absolute Gasteiger partial charge is 0.416 e. The maximum absolute atomic E-state index is 13.6. The molecule has 0 saturated carbocycles. The fourth-order valence-corrected chi connectivity index (χ4v) is 5.18. The van der Waals surface area contributed by atoms with E-state index in [1.165, 1.54) is 6.07 Å². The quantitative estimate of drug-likeness (QED) is 0.241. The van der Waals surface area contributed by atoms with Gasteiger partial charge in [0.1, 0.15) is 5.75 Å². The van der Waals surface area contributed by atoms with Crippen LogP contribution in [0, 0.1) is 0 Å². The van der Waals surface area contributed by atoms with Crippen molar-refractivity contribution in [2.75, 3.05) is 50.6 Å². The van der Waals surface area contributed by atoms with Crippen molar-refractivity contribution < 1.29 is 37.8 Å². The number of hydrogen-bond donors (Lipinski definition) is 3. The maximum Gasteiger partial charge on any atom is 0.416 e. The molecule has 42 heavy (non-hydrogen) atoms. The monoisotopic (exact) mass is 587 g/mol. The lowest BCUT2D eigenvalue weighted by Gasteiger charge is -2.31. The molecule has 2 aliphatic heterocycles. The molecule has 2 aromatic carbocycles. The number of hydrazone groups is 1. The predicted octanol–water partition coefficient (Wildman–Crippen LogP) is 3.89. The Balaban J connectivity index is 1.66. The van der Waals surface area contributed by atoms with E-state index in [4.69, 9.17) is 5.11 Å². The molecule has 2 amide bonds. The average molecular weight is 588 g/mol. The van der Waals surface area contributed by atoms with E-state index in [2.05, 4.69) is 10.5 Å². The van der Waals surface area contributed by atoms with Gasteiger partial charge >= 0.3 is 12.1 Å². The molecule has 0 aliphatic carbocycles. The van der Waals surface area contributed by atoms with Crippen molar-refractivity contribution in [2.24, 2.45) is 5.10 Å². The minimum Gasteiger partial charge on any atom is -0.505 e. The van der Waals surface area contributed by atoms with E-state index in [-0.39, 0.29) is 53.0 Å². The van der Waals surface area contributed by atoms with Crippen LogP contribution in [0.3, 0.4) is 0 Å². The van der Waals surface area contributed by atoms with Crippen LogP contribution in [-0.4, -0.2) is 83.8 Å². The van der Waals surface area contributed by atoms with Crippen LogP contribution in [0.2, 0.25) is 0 Å². The molecular weight excluding hydrogens is 555 g/mol. The lowest BCUT2D eigenvalue weighted by atomic mass is 9.88. The second-order valence-corrected chi connectivity index (χ2v) is 10.6. The van der Waals surface area contributed by atoms with Gasteiger partial charge in [0.25, 0.3) is 11.8 Å². The molecule has 2 aromatic rings. The standard InChI is InChI=1S/C29H32F3N5O5/c1-17-22(15-35(2)3)27(41)37(20-7-4-6-19(14-20)29(30,31)32)28(42)25(17)34-33-23-9-5-8-21(26(23)40)18-10-12-36(13-11-18)16-24(38)39/h4-9,14,18,33,40H,10-13,15-16H2,1-3H3,(H,38,39)/b34-25+. The number of alkyl halides is 3. The lowest BCUT2D eigenvalue weighted by Crippen LogP contribution is -2.49. The third kappa shape index (κ3) is 6.63. The van der Waals surface area contributed by atoms with Crippen LogP contribution < -0.4 is 10.3 Å². The number of anilines is 2. The number of amides is 2. The third-order valence-electron chi connectivity index (χ3n) is 7.32. The van der Waals surface area contributed by atoms with E-state index >= 15 is 0 Å². The van der Waals surface area contributed by atoms with Gasteiger partial charge in [0, 0.05) is 12.1 Å². The first-order valence-electron chi connectivity index (χ1n) is 13.3. The molecule has 10 nitrogen and oxygen atoms in total. The number of aliphatic carboxylic acids is 1. The largest absolute Gasteiger partial charge is 0.505 e. The van der Waals surface area contributed by atoms with Crippen LogP contribution in [0.4, 0.5) is 24.5 Å². The van der Waals surface area contributed by atoms with E-state index in [0.29, 0.717) is 36.4 Å². The zero-order chi connectivity index (χ0) is 30.8. The van der Waals surface area contributed by atoms with Crippen LogP contribution in [0.5, 0.6) is 5.75 Å². The number of phenolic OH excluding ortho intramolecular Hbond substituents is 1. The maximum atomic E-state index is 13.6. The number of benzene rings is 2. The summed E-state index contributed by atoms with van der Waals surface area (Å²) < 4.78 is 40.2. The van der Waals surface area contributed by atoms with Gasteiger partial charge in [-0.3, -0.25) is 24.7 Å². The number of carboxylic acid groups (broad SMARTS) is 1. The number of nitrogens with one attached hydrogen (secondary N) is 1. The first-order valence-corrected chi connectivity index (χ1v) is 13.3. The number of rotatable bonds is 8. The van der Waals surface area contributed by atoms with Gasteiger partial charge in [-0.2, -0.15) is 18.3 Å². The summed E-state index contributed by atoms with van der Waals surface area (Å²) in [7, 11) is 3.42. The Labute approximate surface area is 240 Å². The molecular formula is C29H32F3N5O5. The highest BCUT2D eigenvalue weighted by atomic mass is 19.4. The van der Waals surface area contributed by atoms with E-state index < -0.39 is 29.5 Å². The summed E-state index contributed by atoms with van der Waals surface area (Å²) >= 11 is 0. The first kappa shape index (κ1) is 30.7. The van der Waals surface area contributed by atoms with Crippen LogP contribution in [0.25, 0.3) is 0 Å². The molecule has 1 fully saturated rings. The number of likely N-dealkylation sites (N-methyl/N-ethyl adjacent to an activating group) is 1.